The van der Waals surface area contributed by atoms with Crippen molar-refractivity contribution in [2.24, 2.45) is 0 Å². The lowest BCUT2D eigenvalue weighted by molar-refractivity contribution is -0.126. The number of halogens is 1. The maximum atomic E-state index is 15.6. The Morgan fingerprint density at radius 1 is 1.13 bits per heavy atom. The predicted octanol–water partition coefficient (Wildman–Crippen LogP) is 4.39. The van der Waals surface area contributed by atoms with Crippen molar-refractivity contribution in [2.75, 3.05) is 31.1 Å². The third-order valence-corrected chi connectivity index (χ3v) is 5.65. The maximum absolute atomic E-state index is 15.6. The molecule has 1 aliphatic rings. The minimum Gasteiger partial charge on any atom is -0.367 e. The standard InChI is InChI=1S/C24H25FN4O/c1-4-21(30)29-13-11-28(12-14-29)20-9-10-26-24-19(20)15-27-23(22(24)25)18-8-6-5-7-17(18)16(2)3/h4-10,15-16H,1,11-14H2,2-3H3. The van der Waals surface area contributed by atoms with E-state index in [4.69, 9.17) is 0 Å². The number of aromatic nitrogens is 2. The molecule has 1 saturated heterocycles. The molecule has 3 heterocycles. The van der Waals surface area contributed by atoms with Crippen LogP contribution >= 0.6 is 0 Å². The number of piperazine rings is 1. The summed E-state index contributed by atoms with van der Waals surface area (Å²) >= 11 is 0. The van der Waals surface area contributed by atoms with E-state index >= 15 is 4.39 Å². The second-order valence-electron chi connectivity index (χ2n) is 7.77. The molecule has 1 aromatic carbocycles. The minimum absolute atomic E-state index is 0.0598. The number of rotatable bonds is 4. The lowest BCUT2D eigenvalue weighted by atomic mass is 9.94. The molecule has 6 heteroatoms. The van der Waals surface area contributed by atoms with E-state index in [2.05, 4.69) is 35.3 Å². The van der Waals surface area contributed by atoms with Gasteiger partial charge in [-0.15, -0.1) is 0 Å². The Hall–Kier alpha value is -3.28. The molecule has 0 saturated carbocycles. The fraction of sp³-hybridized carbons (Fsp3) is 0.292. The second kappa shape index (κ2) is 8.22. The summed E-state index contributed by atoms with van der Waals surface area (Å²) in [5.74, 6) is -0.203. The van der Waals surface area contributed by atoms with Crippen LogP contribution in [0.1, 0.15) is 25.3 Å². The second-order valence-corrected chi connectivity index (χ2v) is 7.77. The van der Waals surface area contributed by atoms with Crippen molar-refractivity contribution < 1.29 is 9.18 Å². The number of anilines is 1. The van der Waals surface area contributed by atoms with E-state index in [1.165, 1.54) is 6.08 Å². The van der Waals surface area contributed by atoms with E-state index in [-0.39, 0.29) is 11.8 Å². The van der Waals surface area contributed by atoms with Gasteiger partial charge >= 0.3 is 0 Å². The van der Waals surface area contributed by atoms with Crippen LogP contribution in [0.15, 0.2) is 55.4 Å². The molecule has 0 atom stereocenters. The van der Waals surface area contributed by atoms with Gasteiger partial charge in [0.1, 0.15) is 11.2 Å². The van der Waals surface area contributed by atoms with Gasteiger partial charge in [-0.2, -0.15) is 0 Å². The van der Waals surface area contributed by atoms with Crippen molar-refractivity contribution in [3.63, 3.8) is 0 Å². The highest BCUT2D eigenvalue weighted by molar-refractivity contribution is 5.94. The van der Waals surface area contributed by atoms with Crippen molar-refractivity contribution >= 4 is 22.5 Å². The zero-order chi connectivity index (χ0) is 21.3. The summed E-state index contributed by atoms with van der Waals surface area (Å²) in [7, 11) is 0. The van der Waals surface area contributed by atoms with Crippen molar-refractivity contribution in [3.8, 4) is 11.3 Å². The summed E-state index contributed by atoms with van der Waals surface area (Å²) in [6.07, 6.45) is 4.70. The molecule has 0 spiro atoms. The SMILES string of the molecule is C=CC(=O)N1CCN(c2ccnc3c(F)c(-c4ccccc4C(C)C)ncc23)CC1. The number of carbonyl (C=O) groups is 1. The van der Waals surface area contributed by atoms with Gasteiger partial charge in [-0.3, -0.25) is 14.8 Å². The van der Waals surface area contributed by atoms with Gasteiger partial charge in [-0.25, -0.2) is 4.39 Å². The van der Waals surface area contributed by atoms with Crippen LogP contribution in [0.3, 0.4) is 0 Å². The fourth-order valence-corrected chi connectivity index (χ4v) is 4.04. The van der Waals surface area contributed by atoms with Crippen LogP contribution in [0.5, 0.6) is 0 Å². The summed E-state index contributed by atoms with van der Waals surface area (Å²) in [4.78, 5) is 24.6. The van der Waals surface area contributed by atoms with E-state index in [0.29, 0.717) is 42.8 Å². The molecule has 0 bridgehead atoms. The van der Waals surface area contributed by atoms with Crippen LogP contribution in [0.4, 0.5) is 10.1 Å². The monoisotopic (exact) mass is 404 g/mol. The van der Waals surface area contributed by atoms with E-state index in [1.807, 2.05) is 30.3 Å². The predicted molar refractivity (Wildman–Crippen MR) is 118 cm³/mol. The van der Waals surface area contributed by atoms with E-state index in [1.54, 1.807) is 17.3 Å². The molecule has 2 aromatic heterocycles. The van der Waals surface area contributed by atoms with Crippen molar-refractivity contribution in [1.29, 1.82) is 0 Å². The minimum atomic E-state index is -0.400. The van der Waals surface area contributed by atoms with Crippen LogP contribution < -0.4 is 4.90 Å². The molecule has 0 unspecified atom stereocenters. The van der Waals surface area contributed by atoms with Gasteiger partial charge < -0.3 is 9.80 Å². The molecule has 4 rings (SSSR count). The average molecular weight is 404 g/mol. The summed E-state index contributed by atoms with van der Waals surface area (Å²) in [6, 6.07) is 9.67. The Labute approximate surface area is 175 Å². The molecule has 0 radical (unpaired) electrons. The quantitative estimate of drug-likeness (QED) is 0.605. The lowest BCUT2D eigenvalue weighted by Gasteiger charge is -2.36. The molecule has 5 nitrogen and oxygen atoms in total. The number of carbonyl (C=O) groups excluding carboxylic acids is 1. The summed E-state index contributed by atoms with van der Waals surface area (Å²) in [5, 5.41) is 0.685. The van der Waals surface area contributed by atoms with Gasteiger partial charge in [-0.05, 0) is 23.6 Å². The Morgan fingerprint density at radius 2 is 1.87 bits per heavy atom. The van der Waals surface area contributed by atoms with E-state index in [0.717, 1.165) is 16.8 Å². The molecule has 0 N–H and O–H groups in total. The molecule has 0 aliphatic carbocycles. The molecule has 154 valence electrons. The Kier molecular flexibility index (Phi) is 5.48. The molecule has 1 fully saturated rings. The van der Waals surface area contributed by atoms with Crippen LogP contribution in [0.25, 0.3) is 22.2 Å². The average Bonchev–Trinajstić information content (AvgIpc) is 2.78. The Morgan fingerprint density at radius 3 is 2.57 bits per heavy atom. The highest BCUT2D eigenvalue weighted by Gasteiger charge is 2.23. The van der Waals surface area contributed by atoms with Crippen LogP contribution in [0, 0.1) is 5.82 Å². The van der Waals surface area contributed by atoms with Gasteiger partial charge in [0.15, 0.2) is 5.82 Å². The number of hydrogen-bond donors (Lipinski definition) is 0. The zero-order valence-corrected chi connectivity index (χ0v) is 17.3. The van der Waals surface area contributed by atoms with Crippen LogP contribution in [0.2, 0.25) is 0 Å². The summed E-state index contributed by atoms with van der Waals surface area (Å²) in [6.45, 7) is 10.3. The van der Waals surface area contributed by atoms with Crippen molar-refractivity contribution in [2.45, 2.75) is 19.8 Å². The number of pyridine rings is 2. The Balaban J connectivity index is 1.72. The summed E-state index contributed by atoms with van der Waals surface area (Å²) < 4.78 is 15.6. The highest BCUT2D eigenvalue weighted by Crippen LogP contribution is 2.34. The lowest BCUT2D eigenvalue weighted by Crippen LogP contribution is -2.48. The number of hydrogen-bond acceptors (Lipinski definition) is 4. The fourth-order valence-electron chi connectivity index (χ4n) is 4.04. The molecular weight excluding hydrogens is 379 g/mol. The Bertz CT molecular complexity index is 1100. The largest absolute Gasteiger partial charge is 0.367 e. The maximum Gasteiger partial charge on any atom is 0.246 e. The topological polar surface area (TPSA) is 49.3 Å². The van der Waals surface area contributed by atoms with Crippen molar-refractivity contribution in [1.82, 2.24) is 14.9 Å². The van der Waals surface area contributed by atoms with Gasteiger partial charge in [0.05, 0.1) is 0 Å². The summed E-state index contributed by atoms with van der Waals surface area (Å²) in [5.41, 5.74) is 3.40. The van der Waals surface area contributed by atoms with Crippen molar-refractivity contribution in [3.05, 3.63) is 66.8 Å². The smallest absolute Gasteiger partial charge is 0.246 e. The van der Waals surface area contributed by atoms with E-state index < -0.39 is 5.82 Å². The first-order chi connectivity index (χ1) is 14.5. The zero-order valence-electron chi connectivity index (χ0n) is 17.3. The number of fused-ring (bicyclic) bond motifs is 1. The first-order valence-electron chi connectivity index (χ1n) is 10.2. The first-order valence-corrected chi connectivity index (χ1v) is 10.2. The van der Waals surface area contributed by atoms with E-state index in [9.17, 15) is 4.79 Å². The molecule has 1 aliphatic heterocycles. The molecule has 1 amide bonds. The van der Waals surface area contributed by atoms with Gasteiger partial charge in [0.2, 0.25) is 5.91 Å². The number of amides is 1. The van der Waals surface area contributed by atoms with Gasteiger partial charge in [0, 0.05) is 55.2 Å². The molecular formula is C24H25FN4O. The highest BCUT2D eigenvalue weighted by atomic mass is 19.1. The van der Waals surface area contributed by atoms with Gasteiger partial charge in [0.25, 0.3) is 0 Å². The number of nitrogens with zero attached hydrogens (tertiary/aromatic N) is 4. The number of benzene rings is 1. The third-order valence-electron chi connectivity index (χ3n) is 5.65. The normalized spacial score (nSPS) is 14.4. The third kappa shape index (κ3) is 3.54. The first kappa shape index (κ1) is 20.0. The molecule has 30 heavy (non-hydrogen) atoms. The van der Waals surface area contributed by atoms with Crippen LogP contribution in [-0.2, 0) is 4.79 Å². The van der Waals surface area contributed by atoms with Crippen LogP contribution in [-0.4, -0.2) is 47.0 Å². The van der Waals surface area contributed by atoms with Gasteiger partial charge in [-0.1, -0.05) is 44.7 Å². The molecule has 3 aromatic rings.